The molecule has 3 rings (SSSR count). The normalized spacial score (nSPS) is 18.3. The van der Waals surface area contributed by atoms with Crippen molar-refractivity contribution in [2.45, 2.75) is 18.9 Å². The summed E-state index contributed by atoms with van der Waals surface area (Å²) in [6.45, 7) is 2.85. The molecule has 1 aromatic carbocycles. The number of aromatic amines is 1. The second-order valence-corrected chi connectivity index (χ2v) is 6.68. The Kier molecular flexibility index (Phi) is 4.68. The van der Waals surface area contributed by atoms with E-state index in [2.05, 4.69) is 27.2 Å². The molecule has 1 unspecified atom stereocenters. The highest BCUT2D eigenvalue weighted by Crippen LogP contribution is 2.29. The number of likely N-dealkylation sites (tertiary alicyclic amines) is 1. The Morgan fingerprint density at radius 2 is 2.13 bits per heavy atom. The number of rotatable bonds is 4. The van der Waals surface area contributed by atoms with Crippen molar-refractivity contribution in [2.75, 3.05) is 27.2 Å². The van der Waals surface area contributed by atoms with E-state index in [0.29, 0.717) is 11.5 Å². The Morgan fingerprint density at radius 1 is 1.39 bits per heavy atom. The highest BCUT2D eigenvalue weighted by molar-refractivity contribution is 6.30. The third-order valence-corrected chi connectivity index (χ3v) is 4.56. The van der Waals surface area contributed by atoms with Crippen LogP contribution in [0.4, 0.5) is 0 Å². The Hall–Kier alpha value is -1.85. The van der Waals surface area contributed by atoms with Crippen molar-refractivity contribution < 1.29 is 4.79 Å². The Labute approximate surface area is 141 Å². The monoisotopic (exact) mass is 332 g/mol. The molecule has 0 spiro atoms. The largest absolute Gasteiger partial charge is 0.345 e. The van der Waals surface area contributed by atoms with E-state index in [4.69, 9.17) is 11.6 Å². The van der Waals surface area contributed by atoms with E-state index >= 15 is 0 Å². The zero-order valence-corrected chi connectivity index (χ0v) is 14.2. The summed E-state index contributed by atoms with van der Waals surface area (Å²) in [4.78, 5) is 16.2. The van der Waals surface area contributed by atoms with Gasteiger partial charge in [-0.15, -0.1) is 0 Å². The minimum Gasteiger partial charge on any atom is -0.345 e. The third kappa shape index (κ3) is 3.57. The lowest BCUT2D eigenvalue weighted by Gasteiger charge is -2.17. The number of hydrogen-bond donors (Lipinski definition) is 1. The van der Waals surface area contributed by atoms with Gasteiger partial charge in [0.1, 0.15) is 0 Å². The first-order valence-corrected chi connectivity index (χ1v) is 8.14. The molecule has 1 saturated heterocycles. The van der Waals surface area contributed by atoms with Gasteiger partial charge in [0.05, 0.1) is 17.5 Å². The maximum absolute atomic E-state index is 12.2. The van der Waals surface area contributed by atoms with Crippen molar-refractivity contribution in [1.82, 2.24) is 20.0 Å². The van der Waals surface area contributed by atoms with E-state index in [1.54, 1.807) is 25.2 Å². The number of nitrogens with one attached hydrogen (secondary N) is 1. The molecule has 1 aliphatic heterocycles. The van der Waals surface area contributed by atoms with Crippen molar-refractivity contribution in [3.63, 3.8) is 0 Å². The number of carbonyl (C=O) groups excluding carboxylic acids is 1. The molecule has 6 heteroatoms. The van der Waals surface area contributed by atoms with E-state index in [0.717, 1.165) is 36.8 Å². The molecule has 122 valence electrons. The maximum Gasteiger partial charge on any atom is 0.256 e. The van der Waals surface area contributed by atoms with Gasteiger partial charge < -0.3 is 4.90 Å². The summed E-state index contributed by atoms with van der Waals surface area (Å²) >= 11 is 5.93. The highest BCUT2D eigenvalue weighted by Gasteiger charge is 2.29. The van der Waals surface area contributed by atoms with Crippen molar-refractivity contribution in [2.24, 2.45) is 0 Å². The molecule has 1 fully saturated rings. The van der Waals surface area contributed by atoms with Gasteiger partial charge in [-0.25, -0.2) is 0 Å². The van der Waals surface area contributed by atoms with E-state index < -0.39 is 0 Å². The molecule has 1 amide bonds. The lowest BCUT2D eigenvalue weighted by molar-refractivity contribution is 0.0826. The smallest absolute Gasteiger partial charge is 0.256 e. The predicted octanol–water partition coefficient (Wildman–Crippen LogP) is 2.75. The number of hydrogen-bond acceptors (Lipinski definition) is 3. The summed E-state index contributed by atoms with van der Waals surface area (Å²) < 4.78 is 0. The summed E-state index contributed by atoms with van der Waals surface area (Å²) in [6.07, 6.45) is 2.67. The average molecular weight is 333 g/mol. The molecular weight excluding hydrogens is 312 g/mol. The lowest BCUT2D eigenvalue weighted by atomic mass is 10.0. The molecule has 0 radical (unpaired) electrons. The predicted molar refractivity (Wildman–Crippen MR) is 90.7 cm³/mol. The van der Waals surface area contributed by atoms with Gasteiger partial charge in [-0.3, -0.25) is 14.8 Å². The van der Waals surface area contributed by atoms with Crippen LogP contribution < -0.4 is 0 Å². The van der Waals surface area contributed by atoms with E-state index in [-0.39, 0.29) is 5.91 Å². The van der Waals surface area contributed by atoms with Crippen LogP contribution in [-0.2, 0) is 6.54 Å². The Balaban J connectivity index is 1.67. The number of benzene rings is 1. The number of halogens is 1. The second-order valence-electron chi connectivity index (χ2n) is 6.24. The molecule has 0 aliphatic carbocycles. The van der Waals surface area contributed by atoms with Crippen LogP contribution in [0.1, 0.15) is 34.0 Å². The standard InChI is InChI=1S/C17H21ClN4O/c1-21(2)17(23)15-9-19-20-16(15)13-7-8-22(11-13)10-12-3-5-14(18)6-4-12/h3-6,9,13H,7-8,10-11H2,1-2H3,(H,19,20). The molecule has 5 nitrogen and oxygen atoms in total. The molecule has 1 aromatic heterocycles. The van der Waals surface area contributed by atoms with E-state index in [9.17, 15) is 4.79 Å². The SMILES string of the molecule is CN(C)C(=O)c1cn[nH]c1C1CCN(Cc2ccc(Cl)cc2)C1. The fraction of sp³-hybridized carbons (Fsp3) is 0.412. The molecule has 2 aromatic rings. The molecule has 0 bridgehead atoms. The molecule has 23 heavy (non-hydrogen) atoms. The van der Waals surface area contributed by atoms with Gasteiger partial charge in [-0.05, 0) is 30.7 Å². The summed E-state index contributed by atoms with van der Waals surface area (Å²) in [5.41, 5.74) is 2.90. The Morgan fingerprint density at radius 3 is 2.83 bits per heavy atom. The Bertz CT molecular complexity index is 680. The van der Waals surface area contributed by atoms with Gasteiger partial charge in [0, 0.05) is 38.1 Å². The van der Waals surface area contributed by atoms with Crippen molar-refractivity contribution in [3.8, 4) is 0 Å². The van der Waals surface area contributed by atoms with Gasteiger partial charge in [0.25, 0.3) is 5.91 Å². The molecule has 0 saturated carbocycles. The molecule has 1 N–H and O–H groups in total. The fourth-order valence-electron chi connectivity index (χ4n) is 3.08. The fourth-order valence-corrected chi connectivity index (χ4v) is 3.20. The van der Waals surface area contributed by atoms with Crippen LogP contribution in [0.2, 0.25) is 5.02 Å². The quantitative estimate of drug-likeness (QED) is 0.936. The highest BCUT2D eigenvalue weighted by atomic mass is 35.5. The van der Waals surface area contributed by atoms with E-state index in [1.165, 1.54) is 5.56 Å². The molecule has 1 aliphatic rings. The number of aromatic nitrogens is 2. The number of nitrogens with zero attached hydrogens (tertiary/aromatic N) is 3. The van der Waals surface area contributed by atoms with Gasteiger partial charge in [0.2, 0.25) is 0 Å². The van der Waals surface area contributed by atoms with Crippen LogP contribution in [0.25, 0.3) is 0 Å². The first-order valence-electron chi connectivity index (χ1n) is 7.76. The molecule has 2 heterocycles. The molecule has 1 atom stereocenters. The average Bonchev–Trinajstić information content (AvgIpc) is 3.17. The summed E-state index contributed by atoms with van der Waals surface area (Å²) in [7, 11) is 3.53. The van der Waals surface area contributed by atoms with Crippen LogP contribution in [0.5, 0.6) is 0 Å². The first kappa shape index (κ1) is 16.0. The van der Waals surface area contributed by atoms with Crippen molar-refractivity contribution >= 4 is 17.5 Å². The summed E-state index contributed by atoms with van der Waals surface area (Å²) in [5.74, 6) is 0.327. The minimum atomic E-state index is 0.00454. The molecular formula is C17H21ClN4O. The van der Waals surface area contributed by atoms with Crippen molar-refractivity contribution in [3.05, 3.63) is 52.3 Å². The second kappa shape index (κ2) is 6.72. The van der Waals surface area contributed by atoms with Crippen LogP contribution in [0, 0.1) is 0 Å². The van der Waals surface area contributed by atoms with Gasteiger partial charge >= 0.3 is 0 Å². The summed E-state index contributed by atoms with van der Waals surface area (Å²) in [5, 5.41) is 7.88. The summed E-state index contributed by atoms with van der Waals surface area (Å²) in [6, 6.07) is 7.97. The zero-order valence-electron chi connectivity index (χ0n) is 13.4. The number of amides is 1. The van der Waals surface area contributed by atoms with Crippen molar-refractivity contribution in [1.29, 1.82) is 0 Å². The third-order valence-electron chi connectivity index (χ3n) is 4.31. The number of H-pyrrole nitrogens is 1. The lowest BCUT2D eigenvalue weighted by Crippen LogP contribution is -2.24. The van der Waals surface area contributed by atoms with Crippen LogP contribution in [-0.4, -0.2) is 53.1 Å². The first-order chi connectivity index (χ1) is 11.0. The van der Waals surface area contributed by atoms with E-state index in [1.807, 2.05) is 12.1 Å². The van der Waals surface area contributed by atoms with Crippen LogP contribution in [0.15, 0.2) is 30.5 Å². The van der Waals surface area contributed by atoms with Gasteiger partial charge in [-0.1, -0.05) is 23.7 Å². The van der Waals surface area contributed by atoms with Crippen LogP contribution >= 0.6 is 11.6 Å². The maximum atomic E-state index is 12.2. The number of carbonyl (C=O) groups is 1. The van der Waals surface area contributed by atoms with Gasteiger partial charge in [-0.2, -0.15) is 5.10 Å². The minimum absolute atomic E-state index is 0.00454. The topological polar surface area (TPSA) is 52.2 Å². The zero-order chi connectivity index (χ0) is 16.4. The van der Waals surface area contributed by atoms with Gasteiger partial charge in [0.15, 0.2) is 0 Å². The van der Waals surface area contributed by atoms with Crippen LogP contribution in [0.3, 0.4) is 0 Å².